The Kier molecular flexibility index (Phi) is 4.98. The summed E-state index contributed by atoms with van der Waals surface area (Å²) in [6.45, 7) is 2.30. The number of aromatic hydroxyl groups is 1. The highest BCUT2D eigenvalue weighted by Crippen LogP contribution is 2.45. The number of aryl methyl sites for hydroxylation is 1. The van der Waals surface area contributed by atoms with Gasteiger partial charge in [-0.3, -0.25) is 9.89 Å². The second kappa shape index (κ2) is 7.96. The number of nitrogens with zero attached hydrogens (tertiary/aromatic N) is 2. The van der Waals surface area contributed by atoms with E-state index in [1.807, 2.05) is 43.3 Å². The number of aromatic amines is 1. The zero-order chi connectivity index (χ0) is 22.2. The van der Waals surface area contributed by atoms with Crippen molar-refractivity contribution in [1.29, 1.82) is 0 Å². The Bertz CT molecular complexity index is 1300. The second-order valence-electron chi connectivity index (χ2n) is 8.04. The molecule has 1 aromatic heterocycles. The molecule has 32 heavy (non-hydrogen) atoms. The maximum atomic E-state index is 15.0. The van der Waals surface area contributed by atoms with Crippen LogP contribution < -0.4 is 0 Å². The van der Waals surface area contributed by atoms with Gasteiger partial charge in [0.2, 0.25) is 0 Å². The van der Waals surface area contributed by atoms with Crippen molar-refractivity contribution in [1.82, 2.24) is 15.1 Å². The van der Waals surface area contributed by atoms with Crippen LogP contribution in [0.5, 0.6) is 5.75 Å². The van der Waals surface area contributed by atoms with Crippen molar-refractivity contribution in [2.45, 2.75) is 19.4 Å². The van der Waals surface area contributed by atoms with Gasteiger partial charge in [-0.15, -0.1) is 0 Å². The number of fused-ring (bicyclic) bond motifs is 1. The van der Waals surface area contributed by atoms with Gasteiger partial charge in [-0.2, -0.15) is 5.10 Å². The van der Waals surface area contributed by atoms with E-state index in [1.54, 1.807) is 35.2 Å². The first kappa shape index (κ1) is 20.0. The van der Waals surface area contributed by atoms with E-state index < -0.39 is 6.04 Å². The van der Waals surface area contributed by atoms with Gasteiger partial charge < -0.3 is 10.0 Å². The predicted octanol–water partition coefficient (Wildman–Crippen LogP) is 5.02. The van der Waals surface area contributed by atoms with E-state index in [2.05, 4.69) is 10.2 Å². The van der Waals surface area contributed by atoms with Crippen molar-refractivity contribution in [2.75, 3.05) is 6.54 Å². The lowest BCUT2D eigenvalue weighted by atomic mass is 9.95. The van der Waals surface area contributed by atoms with Gasteiger partial charge in [0.05, 0.1) is 6.04 Å². The minimum Gasteiger partial charge on any atom is -0.507 e. The van der Waals surface area contributed by atoms with Crippen molar-refractivity contribution in [3.63, 3.8) is 0 Å². The Balaban J connectivity index is 1.62. The van der Waals surface area contributed by atoms with Gasteiger partial charge in [0.1, 0.15) is 23.0 Å². The molecule has 0 bridgehead atoms. The number of phenolic OH excluding ortho intramolecular Hbond substituents is 1. The molecule has 1 aliphatic rings. The number of phenols is 1. The Morgan fingerprint density at radius 1 is 1.06 bits per heavy atom. The molecule has 2 heterocycles. The summed E-state index contributed by atoms with van der Waals surface area (Å²) in [5.41, 5.74) is 4.30. The molecule has 0 saturated carbocycles. The number of carbonyl (C=O) groups excluding carboxylic acids is 1. The van der Waals surface area contributed by atoms with Crippen LogP contribution in [0.1, 0.15) is 38.8 Å². The van der Waals surface area contributed by atoms with Crippen LogP contribution in [0.2, 0.25) is 0 Å². The smallest absolute Gasteiger partial charge is 0.273 e. The number of nitrogens with one attached hydrogen (secondary N) is 1. The van der Waals surface area contributed by atoms with E-state index in [4.69, 9.17) is 0 Å². The van der Waals surface area contributed by atoms with Gasteiger partial charge in [-0.1, -0.05) is 54.6 Å². The largest absolute Gasteiger partial charge is 0.507 e. The number of hydrogen-bond donors (Lipinski definition) is 2. The van der Waals surface area contributed by atoms with Crippen LogP contribution in [0.15, 0.2) is 72.8 Å². The van der Waals surface area contributed by atoms with Crippen LogP contribution >= 0.6 is 0 Å². The maximum Gasteiger partial charge on any atom is 0.273 e. The third-order valence-corrected chi connectivity index (χ3v) is 5.96. The zero-order valence-corrected chi connectivity index (χ0v) is 17.5. The number of rotatable bonds is 5. The number of halogens is 1. The van der Waals surface area contributed by atoms with Gasteiger partial charge in [-0.25, -0.2) is 4.39 Å². The number of hydrogen-bond acceptors (Lipinski definition) is 3. The molecule has 5 rings (SSSR count). The van der Waals surface area contributed by atoms with Gasteiger partial charge in [0.25, 0.3) is 5.91 Å². The van der Waals surface area contributed by atoms with Gasteiger partial charge in [-0.05, 0) is 42.7 Å². The molecule has 6 heteroatoms. The van der Waals surface area contributed by atoms with Crippen molar-refractivity contribution in [3.05, 3.63) is 107 Å². The van der Waals surface area contributed by atoms with E-state index in [-0.39, 0.29) is 17.5 Å². The number of benzene rings is 3. The van der Waals surface area contributed by atoms with E-state index in [0.717, 1.165) is 11.1 Å². The molecule has 1 aliphatic heterocycles. The summed E-state index contributed by atoms with van der Waals surface area (Å²) in [6.07, 6.45) is 0.639. The number of carbonyl (C=O) groups is 1. The quantitative estimate of drug-likeness (QED) is 0.470. The Labute approximate surface area is 185 Å². The SMILES string of the molecule is Cc1ccc(-c2n[nH]c3c2[C@@H](c2ccccc2F)N(CCc2ccccc2)C3=O)c(O)c1. The molecule has 2 N–H and O–H groups in total. The summed E-state index contributed by atoms with van der Waals surface area (Å²) in [7, 11) is 0. The highest BCUT2D eigenvalue weighted by molar-refractivity contribution is 6.00. The average Bonchev–Trinajstić information content (AvgIpc) is 3.33. The predicted molar refractivity (Wildman–Crippen MR) is 120 cm³/mol. The first-order valence-electron chi connectivity index (χ1n) is 10.5. The van der Waals surface area contributed by atoms with Crippen LogP contribution in [0.3, 0.4) is 0 Å². The minimum absolute atomic E-state index is 0.0711. The van der Waals surface area contributed by atoms with Gasteiger partial charge in [0, 0.05) is 23.2 Å². The molecule has 0 unspecified atom stereocenters. The molecule has 0 saturated heterocycles. The van der Waals surface area contributed by atoms with E-state index in [9.17, 15) is 14.3 Å². The van der Waals surface area contributed by atoms with Crippen LogP contribution in [0, 0.1) is 12.7 Å². The van der Waals surface area contributed by atoms with Crippen LogP contribution in [0.25, 0.3) is 11.3 Å². The van der Waals surface area contributed by atoms with Crippen LogP contribution in [-0.2, 0) is 6.42 Å². The molecular weight excluding hydrogens is 405 g/mol. The van der Waals surface area contributed by atoms with Crippen molar-refractivity contribution < 1.29 is 14.3 Å². The molecule has 4 aromatic rings. The molecular formula is C26H22FN3O2. The van der Waals surface area contributed by atoms with Gasteiger partial charge in [0.15, 0.2) is 0 Å². The monoisotopic (exact) mass is 427 g/mol. The molecule has 0 aliphatic carbocycles. The number of amides is 1. The number of H-pyrrole nitrogens is 1. The molecule has 0 fully saturated rings. The van der Waals surface area contributed by atoms with Crippen LogP contribution in [-0.4, -0.2) is 32.7 Å². The summed E-state index contributed by atoms with van der Waals surface area (Å²) in [6, 6.07) is 21.0. The third kappa shape index (κ3) is 3.34. The fraction of sp³-hybridized carbons (Fsp3) is 0.154. The van der Waals surface area contributed by atoms with E-state index in [0.29, 0.717) is 41.0 Å². The Morgan fingerprint density at radius 2 is 1.81 bits per heavy atom. The van der Waals surface area contributed by atoms with Crippen LogP contribution in [0.4, 0.5) is 4.39 Å². The maximum absolute atomic E-state index is 15.0. The Hall–Kier alpha value is -3.93. The lowest BCUT2D eigenvalue weighted by molar-refractivity contribution is 0.0744. The Morgan fingerprint density at radius 3 is 2.56 bits per heavy atom. The van der Waals surface area contributed by atoms with Crippen molar-refractivity contribution in [2.24, 2.45) is 0 Å². The first-order chi connectivity index (χ1) is 15.5. The molecule has 1 amide bonds. The van der Waals surface area contributed by atoms with E-state index in [1.165, 1.54) is 6.07 Å². The summed E-state index contributed by atoms with van der Waals surface area (Å²) >= 11 is 0. The molecule has 160 valence electrons. The zero-order valence-electron chi connectivity index (χ0n) is 17.5. The standard InChI is InChI=1S/C26H22FN3O2/c1-16-11-12-19(21(31)15-16)23-22-24(29-28-23)26(32)30(14-13-17-7-3-2-4-8-17)25(22)18-9-5-6-10-20(18)27/h2-12,15,25,31H,13-14H2,1H3,(H,28,29)/t25-/m1/s1. The first-order valence-corrected chi connectivity index (χ1v) is 10.5. The lowest BCUT2D eigenvalue weighted by Crippen LogP contribution is -2.32. The second-order valence-corrected chi connectivity index (χ2v) is 8.04. The minimum atomic E-state index is -0.642. The fourth-order valence-corrected chi connectivity index (χ4v) is 4.39. The van der Waals surface area contributed by atoms with Crippen molar-refractivity contribution in [3.8, 4) is 17.0 Å². The summed E-state index contributed by atoms with van der Waals surface area (Å²) in [4.78, 5) is 15.0. The molecule has 3 aromatic carbocycles. The fourth-order valence-electron chi connectivity index (χ4n) is 4.39. The highest BCUT2D eigenvalue weighted by atomic mass is 19.1. The summed E-state index contributed by atoms with van der Waals surface area (Å²) in [5, 5.41) is 17.8. The van der Waals surface area contributed by atoms with Gasteiger partial charge >= 0.3 is 0 Å². The average molecular weight is 427 g/mol. The summed E-state index contributed by atoms with van der Waals surface area (Å²) < 4.78 is 15.0. The topological polar surface area (TPSA) is 69.2 Å². The molecule has 1 atom stereocenters. The lowest BCUT2D eigenvalue weighted by Gasteiger charge is -2.27. The summed E-state index contributed by atoms with van der Waals surface area (Å²) in [5.74, 6) is -0.542. The molecule has 5 nitrogen and oxygen atoms in total. The van der Waals surface area contributed by atoms with E-state index >= 15 is 0 Å². The molecule has 0 spiro atoms. The molecule has 0 radical (unpaired) electrons. The third-order valence-electron chi connectivity index (χ3n) is 5.96. The van der Waals surface area contributed by atoms with Crippen molar-refractivity contribution >= 4 is 5.91 Å². The normalized spacial score (nSPS) is 15.2. The number of aromatic nitrogens is 2. The highest BCUT2D eigenvalue weighted by Gasteiger charge is 2.43.